The van der Waals surface area contributed by atoms with E-state index in [1.807, 2.05) is 6.92 Å². The lowest BCUT2D eigenvalue weighted by Gasteiger charge is -2.17. The molecule has 0 aliphatic rings. The van der Waals surface area contributed by atoms with Gasteiger partial charge in [0.1, 0.15) is 5.82 Å². The molecular weight excluding hydrogens is 255 g/mol. The van der Waals surface area contributed by atoms with E-state index < -0.39 is 15.8 Å². The number of sulfonamides is 1. The van der Waals surface area contributed by atoms with Gasteiger partial charge in [-0.2, -0.15) is 0 Å². The molecule has 0 atom stereocenters. The van der Waals surface area contributed by atoms with Crippen LogP contribution in [0.4, 0.5) is 10.1 Å². The first-order valence-electron chi connectivity index (χ1n) is 5.82. The first-order valence-corrected chi connectivity index (χ1v) is 7.26. The van der Waals surface area contributed by atoms with Crippen molar-refractivity contribution < 1.29 is 12.8 Å². The Morgan fingerprint density at radius 3 is 2.50 bits per heavy atom. The van der Waals surface area contributed by atoms with Gasteiger partial charge in [0.25, 0.3) is 0 Å². The molecule has 0 aliphatic heterocycles. The highest BCUT2D eigenvalue weighted by Gasteiger charge is 2.22. The van der Waals surface area contributed by atoms with Crippen molar-refractivity contribution in [2.75, 3.05) is 19.3 Å². The summed E-state index contributed by atoms with van der Waals surface area (Å²) >= 11 is 0. The third kappa shape index (κ3) is 3.00. The third-order valence-electron chi connectivity index (χ3n) is 2.89. The summed E-state index contributed by atoms with van der Waals surface area (Å²) in [6, 6.07) is 2.32. The number of unbranched alkanes of at least 4 members (excludes halogenated alkanes) is 1. The molecule has 0 amide bonds. The minimum absolute atomic E-state index is 0.0956. The van der Waals surface area contributed by atoms with Gasteiger partial charge in [0, 0.05) is 24.8 Å². The van der Waals surface area contributed by atoms with Crippen molar-refractivity contribution in [3.8, 4) is 0 Å². The fourth-order valence-corrected chi connectivity index (χ4v) is 2.76. The van der Waals surface area contributed by atoms with Gasteiger partial charge < -0.3 is 5.73 Å². The van der Waals surface area contributed by atoms with Gasteiger partial charge in [-0.05, 0) is 25.5 Å². The topological polar surface area (TPSA) is 63.4 Å². The number of rotatable bonds is 5. The Bertz CT molecular complexity index is 506. The summed E-state index contributed by atoms with van der Waals surface area (Å²) in [7, 11) is -2.17. The van der Waals surface area contributed by atoms with Crippen LogP contribution in [0.15, 0.2) is 17.0 Å². The maximum Gasteiger partial charge on any atom is 0.242 e. The SMILES string of the molecule is CCCCN(C)S(=O)(=O)c1cc(N)c(C)c(F)c1. The lowest BCUT2D eigenvalue weighted by atomic mass is 10.2. The Morgan fingerprint density at radius 1 is 1.39 bits per heavy atom. The maximum atomic E-state index is 13.5. The van der Waals surface area contributed by atoms with E-state index in [9.17, 15) is 12.8 Å². The zero-order valence-corrected chi connectivity index (χ0v) is 11.7. The second kappa shape index (κ2) is 5.67. The molecule has 1 aromatic carbocycles. The predicted molar refractivity (Wildman–Crippen MR) is 70.3 cm³/mol. The van der Waals surface area contributed by atoms with E-state index in [1.54, 1.807) is 0 Å². The van der Waals surface area contributed by atoms with Gasteiger partial charge in [0.15, 0.2) is 0 Å². The van der Waals surface area contributed by atoms with E-state index in [2.05, 4.69) is 0 Å². The number of halogens is 1. The fraction of sp³-hybridized carbons (Fsp3) is 0.500. The van der Waals surface area contributed by atoms with E-state index in [-0.39, 0.29) is 16.1 Å². The maximum absolute atomic E-state index is 13.5. The first kappa shape index (κ1) is 14.9. The fourth-order valence-electron chi connectivity index (χ4n) is 1.50. The van der Waals surface area contributed by atoms with E-state index >= 15 is 0 Å². The van der Waals surface area contributed by atoms with Gasteiger partial charge >= 0.3 is 0 Å². The number of nitrogen functional groups attached to an aromatic ring is 1. The molecule has 0 saturated heterocycles. The molecule has 0 spiro atoms. The molecule has 0 aliphatic carbocycles. The van der Waals surface area contributed by atoms with Crippen molar-refractivity contribution in [1.29, 1.82) is 0 Å². The van der Waals surface area contributed by atoms with E-state index in [0.29, 0.717) is 6.54 Å². The van der Waals surface area contributed by atoms with Crippen molar-refractivity contribution in [2.45, 2.75) is 31.6 Å². The number of anilines is 1. The van der Waals surface area contributed by atoms with Crippen LogP contribution in [0.1, 0.15) is 25.3 Å². The van der Waals surface area contributed by atoms with Crippen LogP contribution in [-0.2, 0) is 10.0 Å². The van der Waals surface area contributed by atoms with Gasteiger partial charge in [-0.15, -0.1) is 0 Å². The van der Waals surface area contributed by atoms with Crippen LogP contribution in [-0.4, -0.2) is 26.3 Å². The summed E-state index contributed by atoms with van der Waals surface area (Å²) in [5.41, 5.74) is 6.01. The zero-order valence-electron chi connectivity index (χ0n) is 10.9. The molecule has 0 saturated carbocycles. The van der Waals surface area contributed by atoms with Crippen LogP contribution >= 0.6 is 0 Å². The number of benzene rings is 1. The Labute approximate surface area is 108 Å². The molecule has 4 nitrogen and oxygen atoms in total. The smallest absolute Gasteiger partial charge is 0.242 e. The number of nitrogens with two attached hydrogens (primary N) is 1. The van der Waals surface area contributed by atoms with Gasteiger partial charge in [0.2, 0.25) is 10.0 Å². The van der Waals surface area contributed by atoms with Crippen LogP contribution in [0.5, 0.6) is 0 Å². The lowest BCUT2D eigenvalue weighted by molar-refractivity contribution is 0.458. The Balaban J connectivity index is 3.13. The minimum Gasteiger partial charge on any atom is -0.398 e. The molecular formula is C12H19FN2O2S. The van der Waals surface area contributed by atoms with Crippen LogP contribution in [0.25, 0.3) is 0 Å². The summed E-state index contributed by atoms with van der Waals surface area (Å²) in [6.07, 6.45) is 1.66. The third-order valence-corrected chi connectivity index (χ3v) is 4.73. The molecule has 0 unspecified atom stereocenters. The highest BCUT2D eigenvalue weighted by Crippen LogP contribution is 2.23. The monoisotopic (exact) mass is 274 g/mol. The van der Waals surface area contributed by atoms with E-state index in [0.717, 1.165) is 18.9 Å². The largest absolute Gasteiger partial charge is 0.398 e. The van der Waals surface area contributed by atoms with Gasteiger partial charge in [-0.3, -0.25) is 0 Å². The highest BCUT2D eigenvalue weighted by atomic mass is 32.2. The summed E-state index contributed by atoms with van der Waals surface area (Å²) in [4.78, 5) is -0.0956. The van der Waals surface area contributed by atoms with Gasteiger partial charge in [-0.25, -0.2) is 17.1 Å². The van der Waals surface area contributed by atoms with Crippen LogP contribution in [0, 0.1) is 12.7 Å². The molecule has 6 heteroatoms. The van der Waals surface area contributed by atoms with E-state index in [4.69, 9.17) is 5.73 Å². The average molecular weight is 274 g/mol. The summed E-state index contributed by atoms with van der Waals surface area (Å²) in [5, 5.41) is 0. The molecule has 18 heavy (non-hydrogen) atoms. The average Bonchev–Trinajstić information content (AvgIpc) is 2.32. The molecule has 0 bridgehead atoms. The van der Waals surface area contributed by atoms with Gasteiger partial charge in [-0.1, -0.05) is 13.3 Å². The quantitative estimate of drug-likeness (QED) is 0.837. The van der Waals surface area contributed by atoms with Crippen molar-refractivity contribution in [1.82, 2.24) is 4.31 Å². The van der Waals surface area contributed by atoms with Crippen molar-refractivity contribution in [3.05, 3.63) is 23.5 Å². The van der Waals surface area contributed by atoms with Crippen LogP contribution in [0.2, 0.25) is 0 Å². The molecule has 0 radical (unpaired) electrons. The number of hydrogen-bond donors (Lipinski definition) is 1. The van der Waals surface area contributed by atoms with Crippen LogP contribution in [0.3, 0.4) is 0 Å². The summed E-state index contributed by atoms with van der Waals surface area (Å²) in [5.74, 6) is -0.600. The van der Waals surface area contributed by atoms with E-state index in [1.165, 1.54) is 24.3 Å². The minimum atomic E-state index is -3.66. The Morgan fingerprint density at radius 2 is 2.00 bits per heavy atom. The second-order valence-corrected chi connectivity index (χ2v) is 6.34. The molecule has 1 rings (SSSR count). The lowest BCUT2D eigenvalue weighted by Crippen LogP contribution is -2.28. The standard InChI is InChI=1S/C12H19FN2O2S/c1-4-5-6-15(3)18(16,17)10-7-11(13)9(2)12(14)8-10/h7-8H,4-6,14H2,1-3H3. The predicted octanol–water partition coefficient (Wildman–Crippen LogP) is 2.14. The van der Waals surface area contributed by atoms with Gasteiger partial charge in [0.05, 0.1) is 4.90 Å². The molecule has 102 valence electrons. The normalized spacial score (nSPS) is 12.1. The Hall–Kier alpha value is -1.14. The second-order valence-electron chi connectivity index (χ2n) is 4.30. The van der Waals surface area contributed by atoms with Crippen LogP contribution < -0.4 is 5.73 Å². The first-order chi connectivity index (χ1) is 8.30. The summed E-state index contributed by atoms with van der Waals surface area (Å²) in [6.45, 7) is 3.90. The highest BCUT2D eigenvalue weighted by molar-refractivity contribution is 7.89. The van der Waals surface area contributed by atoms with Crippen molar-refractivity contribution in [2.24, 2.45) is 0 Å². The van der Waals surface area contributed by atoms with Crippen molar-refractivity contribution >= 4 is 15.7 Å². The number of hydrogen-bond acceptors (Lipinski definition) is 3. The summed E-state index contributed by atoms with van der Waals surface area (Å²) < 4.78 is 39.1. The number of nitrogens with zero attached hydrogens (tertiary/aromatic N) is 1. The van der Waals surface area contributed by atoms with Crippen molar-refractivity contribution in [3.63, 3.8) is 0 Å². The Kier molecular flexibility index (Phi) is 4.70. The molecule has 1 aromatic rings. The molecule has 0 heterocycles. The molecule has 0 fully saturated rings. The molecule has 0 aromatic heterocycles. The zero-order chi connectivity index (χ0) is 13.9. The molecule has 2 N–H and O–H groups in total.